The lowest BCUT2D eigenvalue weighted by molar-refractivity contribution is -0.145. The van der Waals surface area contributed by atoms with E-state index >= 15 is 0 Å². The lowest BCUT2D eigenvalue weighted by Gasteiger charge is -2.29. The maximum atomic E-state index is 10.9. The molecule has 4 N–H and O–H groups in total. The van der Waals surface area contributed by atoms with Crippen molar-refractivity contribution < 1.29 is 19.1 Å². The van der Waals surface area contributed by atoms with E-state index in [-0.39, 0.29) is 18.8 Å². The van der Waals surface area contributed by atoms with Gasteiger partial charge in [0.05, 0.1) is 11.5 Å². The second-order valence-corrected chi connectivity index (χ2v) is 8.53. The predicted octanol–water partition coefficient (Wildman–Crippen LogP) is 4.96. The Morgan fingerprint density at radius 3 is 2.65 bits per heavy atom. The number of fused-ring (bicyclic) bond motifs is 1. The summed E-state index contributed by atoms with van der Waals surface area (Å²) in [5, 5.41) is 13.3. The number of ether oxygens (including phenoxy) is 1. The Balaban J connectivity index is 1.55. The summed E-state index contributed by atoms with van der Waals surface area (Å²) < 4.78 is 11.8. The number of benzene rings is 2. The van der Waals surface area contributed by atoms with Crippen molar-refractivity contribution in [3.05, 3.63) is 60.9 Å². The molecule has 0 amide bonds. The molecule has 4 aromatic rings. The number of nitrogens with two attached hydrogens (primary N) is 1. The van der Waals surface area contributed by atoms with Crippen LogP contribution in [0.4, 0.5) is 11.5 Å². The van der Waals surface area contributed by atoms with Crippen LogP contribution in [0.5, 0.6) is 0 Å². The van der Waals surface area contributed by atoms with Crippen LogP contribution in [0.1, 0.15) is 25.7 Å². The lowest BCUT2D eigenvalue weighted by Crippen LogP contribution is -2.33. The van der Waals surface area contributed by atoms with Gasteiger partial charge < -0.3 is 25.3 Å². The van der Waals surface area contributed by atoms with Crippen molar-refractivity contribution in [3.63, 3.8) is 0 Å². The van der Waals surface area contributed by atoms with E-state index in [0.29, 0.717) is 23.6 Å². The van der Waals surface area contributed by atoms with Gasteiger partial charge in [0.2, 0.25) is 5.71 Å². The zero-order valence-corrected chi connectivity index (χ0v) is 18.6. The van der Waals surface area contributed by atoms with Crippen LogP contribution in [0.25, 0.3) is 33.6 Å². The first kappa shape index (κ1) is 21.9. The fourth-order valence-electron chi connectivity index (χ4n) is 4.57. The average Bonchev–Trinajstić information content (AvgIpc) is 3.25. The summed E-state index contributed by atoms with van der Waals surface area (Å²) in [4.78, 5) is 19.9. The monoisotopic (exact) mass is 458 g/mol. The Bertz CT molecular complexity index is 1290. The molecule has 1 aliphatic rings. The van der Waals surface area contributed by atoms with Gasteiger partial charge in [-0.3, -0.25) is 0 Å². The van der Waals surface area contributed by atoms with Gasteiger partial charge in [-0.1, -0.05) is 42.5 Å². The van der Waals surface area contributed by atoms with Crippen molar-refractivity contribution in [2.24, 2.45) is 0 Å². The highest BCUT2D eigenvalue weighted by Gasteiger charge is 2.27. The number of carboxylic acids is 1. The first-order valence-corrected chi connectivity index (χ1v) is 11.4. The number of rotatable bonds is 7. The molecule has 2 aromatic carbocycles. The van der Waals surface area contributed by atoms with Crippen LogP contribution in [0, 0.1) is 0 Å². The number of carboxylic acid groups (broad SMARTS) is 1. The van der Waals surface area contributed by atoms with Gasteiger partial charge in [0.25, 0.3) is 0 Å². The van der Waals surface area contributed by atoms with Crippen LogP contribution in [0.2, 0.25) is 0 Å². The number of anilines is 2. The summed E-state index contributed by atoms with van der Waals surface area (Å²) in [5.41, 5.74) is 9.92. The second kappa shape index (κ2) is 9.52. The maximum absolute atomic E-state index is 10.9. The molecule has 2 aromatic heterocycles. The van der Waals surface area contributed by atoms with Gasteiger partial charge in [0.1, 0.15) is 24.5 Å². The summed E-state index contributed by atoms with van der Waals surface area (Å²) in [6.07, 6.45) is 4.85. The molecule has 0 unspecified atom stereocenters. The minimum atomic E-state index is -0.951. The average molecular weight is 459 g/mol. The molecule has 2 atom stereocenters. The zero-order chi connectivity index (χ0) is 23.5. The van der Waals surface area contributed by atoms with E-state index in [1.807, 2.05) is 54.6 Å². The van der Waals surface area contributed by atoms with Crippen LogP contribution >= 0.6 is 0 Å². The maximum Gasteiger partial charge on any atom is 0.329 e. The van der Waals surface area contributed by atoms with E-state index in [2.05, 4.69) is 15.3 Å². The molecule has 0 aliphatic heterocycles. The summed E-state index contributed by atoms with van der Waals surface area (Å²) in [6, 6.07) is 17.7. The lowest BCUT2D eigenvalue weighted by atomic mass is 9.92. The number of aromatic nitrogens is 2. The van der Waals surface area contributed by atoms with Gasteiger partial charge in [-0.15, -0.1) is 0 Å². The van der Waals surface area contributed by atoms with Gasteiger partial charge in [-0.2, -0.15) is 0 Å². The van der Waals surface area contributed by atoms with E-state index in [9.17, 15) is 4.79 Å². The van der Waals surface area contributed by atoms with Crippen LogP contribution in [-0.4, -0.2) is 39.8 Å². The number of hydrogen-bond donors (Lipinski definition) is 3. The summed E-state index contributed by atoms with van der Waals surface area (Å²) in [6.45, 7) is -0.279. The highest BCUT2D eigenvalue weighted by atomic mass is 16.5. The number of aliphatic carboxylic acids is 1. The van der Waals surface area contributed by atoms with E-state index in [1.54, 1.807) is 0 Å². The molecule has 8 nitrogen and oxygen atoms in total. The normalized spacial score (nSPS) is 18.1. The third kappa shape index (κ3) is 4.58. The summed E-state index contributed by atoms with van der Waals surface area (Å²) >= 11 is 0. The van der Waals surface area contributed by atoms with Crippen LogP contribution in [0.15, 0.2) is 65.3 Å². The molecule has 0 bridgehead atoms. The Kier molecular flexibility index (Phi) is 6.14. The minimum absolute atomic E-state index is 0.0968. The Morgan fingerprint density at radius 2 is 1.88 bits per heavy atom. The highest BCUT2D eigenvalue weighted by Crippen LogP contribution is 2.43. The molecule has 5 rings (SSSR count). The molecule has 8 heteroatoms. The summed E-state index contributed by atoms with van der Waals surface area (Å²) in [7, 11) is 0. The molecule has 1 aliphatic carbocycles. The fraction of sp³-hybridized carbons (Fsp3) is 0.269. The van der Waals surface area contributed by atoms with Gasteiger partial charge in [-0.25, -0.2) is 14.8 Å². The molecule has 1 fully saturated rings. The molecular formula is C26H26N4O4. The van der Waals surface area contributed by atoms with Crippen molar-refractivity contribution in [2.45, 2.75) is 37.8 Å². The number of nitrogen functional groups attached to an aromatic ring is 1. The third-order valence-corrected chi connectivity index (χ3v) is 6.13. The Morgan fingerprint density at radius 1 is 1.09 bits per heavy atom. The Labute approximate surface area is 196 Å². The molecule has 34 heavy (non-hydrogen) atoms. The number of nitrogens with zero attached hydrogens (tertiary/aromatic N) is 2. The molecule has 2 heterocycles. The third-order valence-electron chi connectivity index (χ3n) is 6.13. The fourth-order valence-corrected chi connectivity index (χ4v) is 4.57. The SMILES string of the molecule is Nc1ccc(-c2c(-c3ccccc3)oc3ncnc(N[C@H]4CCC[C@H](OCC(=O)O)C4)c23)cc1. The van der Waals surface area contributed by atoms with Crippen molar-refractivity contribution in [3.8, 4) is 22.5 Å². The largest absolute Gasteiger partial charge is 0.480 e. The molecule has 0 spiro atoms. The zero-order valence-electron chi connectivity index (χ0n) is 18.6. The van der Waals surface area contributed by atoms with Crippen LogP contribution in [0.3, 0.4) is 0 Å². The van der Waals surface area contributed by atoms with Gasteiger partial charge in [0.15, 0.2) is 0 Å². The molecule has 1 saturated carbocycles. The van der Waals surface area contributed by atoms with Crippen molar-refractivity contribution >= 4 is 28.6 Å². The Hall–Kier alpha value is -3.91. The topological polar surface area (TPSA) is 124 Å². The predicted molar refractivity (Wildman–Crippen MR) is 130 cm³/mol. The summed E-state index contributed by atoms with van der Waals surface area (Å²) in [5.74, 6) is 0.453. The molecule has 0 saturated heterocycles. The van der Waals surface area contributed by atoms with Crippen molar-refractivity contribution in [2.75, 3.05) is 17.7 Å². The van der Waals surface area contributed by atoms with Crippen molar-refractivity contribution in [1.29, 1.82) is 0 Å². The number of hydrogen-bond acceptors (Lipinski definition) is 7. The molecule has 0 radical (unpaired) electrons. The van der Waals surface area contributed by atoms with Crippen LogP contribution in [-0.2, 0) is 9.53 Å². The standard InChI is InChI=1S/C26H26N4O4/c27-18-11-9-16(10-12-18)22-23-25(30-19-7-4-8-20(13-19)33-14-21(31)32)28-15-29-26(23)34-24(22)17-5-2-1-3-6-17/h1-3,5-6,9-12,15,19-20H,4,7-8,13-14,27H2,(H,31,32)(H,28,29,30)/t19-,20-/m0/s1. The van der Waals surface area contributed by atoms with E-state index in [0.717, 1.165) is 47.1 Å². The number of nitrogens with one attached hydrogen (secondary N) is 1. The molecular weight excluding hydrogens is 432 g/mol. The van der Waals surface area contributed by atoms with E-state index in [4.69, 9.17) is 20.0 Å². The highest BCUT2D eigenvalue weighted by molar-refractivity contribution is 6.06. The van der Waals surface area contributed by atoms with E-state index in [1.165, 1.54) is 6.33 Å². The second-order valence-electron chi connectivity index (χ2n) is 8.53. The molecule has 174 valence electrons. The number of carbonyl (C=O) groups is 1. The minimum Gasteiger partial charge on any atom is -0.480 e. The van der Waals surface area contributed by atoms with Gasteiger partial charge in [-0.05, 0) is 43.4 Å². The number of furan rings is 1. The van der Waals surface area contributed by atoms with E-state index < -0.39 is 5.97 Å². The quantitative estimate of drug-likeness (QED) is 0.332. The van der Waals surface area contributed by atoms with Crippen molar-refractivity contribution in [1.82, 2.24) is 9.97 Å². The smallest absolute Gasteiger partial charge is 0.329 e. The first-order chi connectivity index (χ1) is 16.6. The van der Waals surface area contributed by atoms with Gasteiger partial charge >= 0.3 is 5.97 Å². The van der Waals surface area contributed by atoms with Crippen LogP contribution < -0.4 is 11.1 Å². The first-order valence-electron chi connectivity index (χ1n) is 11.4. The van der Waals surface area contributed by atoms with Gasteiger partial charge in [0, 0.05) is 22.9 Å².